The lowest BCUT2D eigenvalue weighted by Crippen LogP contribution is -2.02. The summed E-state index contributed by atoms with van der Waals surface area (Å²) in [6.07, 6.45) is 46.2. The van der Waals surface area contributed by atoms with E-state index in [9.17, 15) is 0 Å². The first kappa shape index (κ1) is 85.3. The van der Waals surface area contributed by atoms with Crippen LogP contribution in [0, 0.1) is 44.0 Å². The number of fused-ring (bicyclic) bond motifs is 2. The zero-order valence-corrected chi connectivity index (χ0v) is 70.3. The van der Waals surface area contributed by atoms with Crippen molar-refractivity contribution in [2.24, 2.45) is 0 Å². The lowest BCUT2D eigenvalue weighted by molar-refractivity contribution is 0.304. The van der Waals surface area contributed by atoms with Gasteiger partial charge in [0, 0.05) is 40.4 Å². The Bertz CT molecular complexity index is 4360. The fourth-order valence-corrected chi connectivity index (χ4v) is 17.7. The number of unbranched alkanes of at least 4 members (excludes halogenated alkanes) is 24. The largest absolute Gasteiger partial charge is 0.493 e. The smallest absolute Gasteiger partial charge is 0.170 e. The molecule has 8 nitrogen and oxygen atoms in total. The van der Waals surface area contributed by atoms with Gasteiger partial charge < -0.3 is 9.47 Å². The van der Waals surface area contributed by atoms with Crippen LogP contribution in [0.5, 0.6) is 11.5 Å². The van der Waals surface area contributed by atoms with Crippen LogP contribution in [0.25, 0.3) is 94.2 Å². The summed E-state index contributed by atoms with van der Waals surface area (Å²) >= 11 is 12.4. The van der Waals surface area contributed by atoms with E-state index in [1.54, 1.807) is 21.7 Å². The minimum Gasteiger partial charge on any atom is -0.493 e. The molecule has 0 amide bonds. The van der Waals surface area contributed by atoms with Crippen molar-refractivity contribution in [3.63, 3.8) is 0 Å². The minimum absolute atomic E-state index is 0.177. The molecule has 0 N–H and O–H groups in total. The second kappa shape index (κ2) is 45.6. The fourth-order valence-electron chi connectivity index (χ4n) is 13.0. The van der Waals surface area contributed by atoms with Crippen molar-refractivity contribution in [2.75, 3.05) is 13.2 Å². The van der Waals surface area contributed by atoms with Gasteiger partial charge in [0.15, 0.2) is 23.3 Å². The van der Waals surface area contributed by atoms with Crippen LogP contribution in [-0.4, -0.2) is 43.2 Å². The summed E-state index contributed by atoms with van der Waals surface area (Å²) < 4.78 is 77.2. The molecular weight excluding hydrogens is 1540 g/mol. The Morgan fingerprint density at radius 1 is 0.387 bits per heavy atom. The van der Waals surface area contributed by atoms with Crippen LogP contribution in [0.3, 0.4) is 0 Å². The highest BCUT2D eigenvalue weighted by molar-refractivity contribution is 9.11. The molecule has 0 atom stereocenters. The van der Waals surface area contributed by atoms with Crippen molar-refractivity contribution in [2.45, 2.75) is 248 Å². The molecule has 0 aliphatic rings. The number of halogens is 6. The molecule has 0 aliphatic heterocycles. The molecule has 6 heterocycles. The molecule has 18 heteroatoms. The highest BCUT2D eigenvalue weighted by Crippen LogP contribution is 2.46. The van der Waals surface area contributed by atoms with Crippen LogP contribution in [0.15, 0.2) is 99.6 Å². The van der Waals surface area contributed by atoms with E-state index >= 15 is 17.6 Å². The Morgan fingerprint density at radius 3 is 1.12 bits per heavy atom. The monoisotopic (exact) mass is 1640 g/mol. The summed E-state index contributed by atoms with van der Waals surface area (Å²) in [6, 6.07) is 23.3. The maximum Gasteiger partial charge on any atom is 0.170 e. The van der Waals surface area contributed by atoms with Crippen molar-refractivity contribution >= 4 is 130 Å². The number of ether oxygens (including phenoxy) is 2. The molecule has 4 aromatic carbocycles. The van der Waals surface area contributed by atoms with E-state index in [2.05, 4.69) is 133 Å². The van der Waals surface area contributed by atoms with Gasteiger partial charge in [0.05, 0.1) is 56.1 Å². The molecule has 106 heavy (non-hydrogen) atoms. The van der Waals surface area contributed by atoms with Crippen molar-refractivity contribution < 1.29 is 27.0 Å². The average Bonchev–Trinajstić information content (AvgIpc) is 1.57. The third-order valence-corrected chi connectivity index (χ3v) is 24.3. The zero-order valence-electron chi connectivity index (χ0n) is 63.8. The first-order valence-corrected chi connectivity index (χ1v) is 43.7. The molecular formula is C88H110Br2F4N6O2S4. The maximum atomic E-state index is 16.3. The van der Waals surface area contributed by atoms with E-state index in [0.29, 0.717) is 61.3 Å². The van der Waals surface area contributed by atoms with Crippen molar-refractivity contribution in [3.05, 3.63) is 166 Å². The first-order chi connectivity index (χ1) is 51.6. The average molecular weight is 1650 g/mol. The van der Waals surface area contributed by atoms with Crippen molar-refractivity contribution in [3.8, 4) is 53.3 Å². The Balaban J connectivity index is 0.000000228. The van der Waals surface area contributed by atoms with E-state index in [1.165, 1.54) is 186 Å². The van der Waals surface area contributed by atoms with Crippen LogP contribution in [0.2, 0.25) is 0 Å². The molecule has 10 rings (SSSR count). The summed E-state index contributed by atoms with van der Waals surface area (Å²) in [5.41, 5.74) is 9.06. The zero-order chi connectivity index (χ0) is 75.7. The summed E-state index contributed by atoms with van der Waals surface area (Å²) in [5, 5.41) is 18.9. The van der Waals surface area contributed by atoms with E-state index in [1.807, 2.05) is 74.5 Å². The summed E-state index contributed by atoms with van der Waals surface area (Å²) in [6.45, 7) is 27.5. The molecule has 10 aromatic rings. The van der Waals surface area contributed by atoms with Gasteiger partial charge in [-0.15, -0.1) is 45.3 Å². The molecule has 570 valence electrons. The van der Waals surface area contributed by atoms with E-state index in [0.717, 1.165) is 108 Å². The lowest BCUT2D eigenvalue weighted by atomic mass is 10.0. The van der Waals surface area contributed by atoms with Crippen LogP contribution in [-0.2, 0) is 13.1 Å². The SMILES string of the molecule is C/C=C/c1cc(OCCCCCC)c(/C=C/c2ccc(-c3c(F)c(F)c(-c4ccc(C)s4)c4nn(CCCCCCCCCCCC)nc34)s2)cc1C.C=Cc1cc(OCCCCCC)c(C=C)cc1C.CCCCCCCCCCCCn1nc2c(-c3ccc(Br)s3)c(F)c(F)c(-c3ccc(Br)s3)c2n1. The molecule has 0 saturated carbocycles. The van der Waals surface area contributed by atoms with E-state index in [-0.39, 0.29) is 22.3 Å². The third-order valence-electron chi connectivity index (χ3n) is 19.0. The van der Waals surface area contributed by atoms with E-state index < -0.39 is 23.3 Å². The second-order valence-corrected chi connectivity index (χ2v) is 34.8. The van der Waals surface area contributed by atoms with Gasteiger partial charge in [-0.25, -0.2) is 17.6 Å². The Morgan fingerprint density at radius 2 is 0.736 bits per heavy atom. The third kappa shape index (κ3) is 24.9. The van der Waals surface area contributed by atoms with Gasteiger partial charge in [0.2, 0.25) is 0 Å². The maximum absolute atomic E-state index is 16.3. The van der Waals surface area contributed by atoms with Crippen molar-refractivity contribution in [1.29, 1.82) is 0 Å². The number of benzene rings is 4. The Kier molecular flexibility index (Phi) is 36.7. The molecule has 0 aliphatic carbocycles. The van der Waals surface area contributed by atoms with Crippen LogP contribution < -0.4 is 9.47 Å². The predicted molar refractivity (Wildman–Crippen MR) is 457 cm³/mol. The van der Waals surface area contributed by atoms with Gasteiger partial charge >= 0.3 is 0 Å². The second-order valence-electron chi connectivity index (χ2n) is 27.5. The Hall–Kier alpha value is -6.28. The molecule has 0 radical (unpaired) electrons. The highest BCUT2D eigenvalue weighted by atomic mass is 79.9. The van der Waals surface area contributed by atoms with Gasteiger partial charge in [-0.1, -0.05) is 219 Å². The molecule has 0 saturated heterocycles. The summed E-state index contributed by atoms with van der Waals surface area (Å²) in [5.74, 6) is -1.74. The van der Waals surface area contributed by atoms with Crippen LogP contribution in [0.4, 0.5) is 17.6 Å². The fraction of sp³-hybridized carbons (Fsp3) is 0.455. The normalized spacial score (nSPS) is 11.6. The van der Waals surface area contributed by atoms with E-state index in [4.69, 9.17) is 19.7 Å². The predicted octanol–water partition coefficient (Wildman–Crippen LogP) is 30.7. The molecule has 0 fully saturated rings. The van der Waals surface area contributed by atoms with Gasteiger partial charge in [0.1, 0.15) is 33.6 Å². The molecule has 0 bridgehead atoms. The molecule has 0 spiro atoms. The summed E-state index contributed by atoms with van der Waals surface area (Å²) in [4.78, 5) is 7.76. The number of thiophene rings is 4. The summed E-state index contributed by atoms with van der Waals surface area (Å²) in [7, 11) is 0. The minimum atomic E-state index is -0.879. The molecule has 6 aromatic heterocycles. The quantitative estimate of drug-likeness (QED) is 0.0280. The standard InChI is InChI=1S/C45H57F2N3OS2.C26H29Br2F2N3S2.C17H24O/c1-6-9-11-13-14-15-16-17-18-19-28-50-48-44-40(38-26-22-33(5)52-38)42(46)43(47)41(45(44)49-50)39-27-25-36(53-39)24-23-35-30-32(4)34(21-8-3)31-37(35)51-29-20-12-10-7-2;1-2-3-4-5-6-7-8-9-10-11-16-33-31-25-21(17-12-14-19(27)34-17)23(29)24(30)22(26(25)32-33)18-13-15-20(28)35-18;1-5-8-9-10-11-18-17-13-15(6-2)14(4)12-16(17)7-3/h8,21-27,30-31H,6-7,9-20,28-29H2,1-5H3;12-15H,2-11,16H2,1H3;6-7,12-13H,2-3,5,8-11H2,1,4H3/b21-8+,24-23+;;. The van der Waals surface area contributed by atoms with Crippen molar-refractivity contribution in [1.82, 2.24) is 30.0 Å². The number of nitrogens with zero attached hydrogens (tertiary/aromatic N) is 6. The van der Waals surface area contributed by atoms with Gasteiger partial charge in [-0.2, -0.15) is 30.0 Å². The highest BCUT2D eigenvalue weighted by Gasteiger charge is 2.29. The van der Waals surface area contributed by atoms with Gasteiger partial charge in [-0.05, 0) is 192 Å². The number of hydrogen-bond acceptors (Lipinski definition) is 10. The topological polar surface area (TPSA) is 79.9 Å². The van der Waals surface area contributed by atoms with Gasteiger partial charge in [-0.3, -0.25) is 0 Å². The van der Waals surface area contributed by atoms with Gasteiger partial charge in [0.25, 0.3) is 0 Å². The number of hydrogen-bond donors (Lipinski definition) is 0. The number of aryl methyl sites for hydroxylation is 5. The first-order valence-electron chi connectivity index (χ1n) is 38.9. The van der Waals surface area contributed by atoms with Crippen LogP contribution in [0.1, 0.15) is 258 Å². The van der Waals surface area contributed by atoms with Crippen LogP contribution >= 0.6 is 77.2 Å². The molecule has 0 unspecified atom stereocenters. The lowest BCUT2D eigenvalue weighted by Gasteiger charge is -2.12. The number of aromatic nitrogens is 6. The number of allylic oxidation sites excluding steroid dienone is 1. The number of rotatable bonds is 43. The Labute approximate surface area is 662 Å².